The Morgan fingerprint density at radius 3 is 2.50 bits per heavy atom. The van der Waals surface area contributed by atoms with E-state index in [-0.39, 0.29) is 40.5 Å². The molecule has 0 unspecified atom stereocenters. The minimum atomic E-state index is -0.465. The standard InChI is InChI=1S/C15H15N2O3.BrH.H2O/c1-11-6-7-13(9-14(11)17(19)20)15(18)10-16-8-4-3-5-12(16)2;;/h3-9H,10H2,1-2H3;1H;1H2/q+1;;/p-1. The van der Waals surface area contributed by atoms with Gasteiger partial charge in [0.15, 0.2) is 11.9 Å². The molecule has 0 aliphatic carbocycles. The first-order chi connectivity index (χ1) is 9.49. The van der Waals surface area contributed by atoms with Crippen LogP contribution in [0.4, 0.5) is 5.69 Å². The van der Waals surface area contributed by atoms with Gasteiger partial charge in [-0.1, -0.05) is 18.2 Å². The second kappa shape index (κ2) is 8.35. The van der Waals surface area contributed by atoms with E-state index in [1.807, 2.05) is 35.9 Å². The van der Waals surface area contributed by atoms with E-state index < -0.39 is 4.92 Å². The summed E-state index contributed by atoms with van der Waals surface area (Å²) < 4.78 is 1.81. The summed E-state index contributed by atoms with van der Waals surface area (Å²) >= 11 is 0. The van der Waals surface area contributed by atoms with Gasteiger partial charge >= 0.3 is 0 Å². The monoisotopic (exact) mass is 368 g/mol. The van der Waals surface area contributed by atoms with Crippen LogP contribution < -0.4 is 21.5 Å². The smallest absolute Gasteiger partial charge is 0.273 e. The molecule has 0 bridgehead atoms. The first-order valence-electron chi connectivity index (χ1n) is 6.22. The van der Waals surface area contributed by atoms with Gasteiger partial charge in [0.25, 0.3) is 5.69 Å². The predicted molar refractivity (Wildman–Crippen MR) is 77.2 cm³/mol. The van der Waals surface area contributed by atoms with Crippen LogP contribution in [0.5, 0.6) is 0 Å². The molecule has 0 amide bonds. The Kier molecular flexibility index (Phi) is 7.55. The van der Waals surface area contributed by atoms with E-state index in [0.717, 1.165) is 5.69 Å². The molecule has 22 heavy (non-hydrogen) atoms. The van der Waals surface area contributed by atoms with Crippen LogP contribution in [0.15, 0.2) is 42.6 Å². The number of halogens is 1. The first kappa shape index (κ1) is 19.9. The molecule has 0 fully saturated rings. The molecular formula is C15H17BrN2O4. The van der Waals surface area contributed by atoms with Gasteiger partial charge in [-0.05, 0) is 6.92 Å². The Morgan fingerprint density at radius 2 is 1.91 bits per heavy atom. The van der Waals surface area contributed by atoms with E-state index in [4.69, 9.17) is 0 Å². The van der Waals surface area contributed by atoms with Crippen molar-refractivity contribution in [1.82, 2.24) is 0 Å². The van der Waals surface area contributed by atoms with E-state index in [2.05, 4.69) is 0 Å². The topological polar surface area (TPSA) is 95.6 Å². The summed E-state index contributed by atoms with van der Waals surface area (Å²) in [5, 5.41) is 10.9. The average molecular weight is 369 g/mol. The molecule has 2 rings (SSSR count). The van der Waals surface area contributed by atoms with Gasteiger partial charge in [0.1, 0.15) is 0 Å². The Labute approximate surface area is 138 Å². The molecule has 0 atom stereocenters. The summed E-state index contributed by atoms with van der Waals surface area (Å²) in [6.07, 6.45) is 1.82. The zero-order chi connectivity index (χ0) is 14.7. The highest BCUT2D eigenvalue weighted by Crippen LogP contribution is 2.19. The van der Waals surface area contributed by atoms with Crippen LogP contribution in [0.1, 0.15) is 21.6 Å². The van der Waals surface area contributed by atoms with E-state index in [9.17, 15) is 14.9 Å². The van der Waals surface area contributed by atoms with Gasteiger partial charge in [-0.15, -0.1) is 0 Å². The quantitative estimate of drug-likeness (QED) is 0.286. The second-order valence-corrected chi connectivity index (χ2v) is 4.65. The number of nitrogens with zero attached hydrogens (tertiary/aromatic N) is 2. The number of pyridine rings is 1. The lowest BCUT2D eigenvalue weighted by Crippen LogP contribution is -3.00. The Bertz CT molecular complexity index is 689. The van der Waals surface area contributed by atoms with Crippen molar-refractivity contribution in [3.63, 3.8) is 0 Å². The molecule has 0 radical (unpaired) electrons. The molecule has 1 aromatic heterocycles. The third-order valence-corrected chi connectivity index (χ3v) is 3.21. The van der Waals surface area contributed by atoms with Crippen LogP contribution in [0, 0.1) is 24.0 Å². The number of benzene rings is 1. The third-order valence-electron chi connectivity index (χ3n) is 3.21. The fraction of sp³-hybridized carbons (Fsp3) is 0.200. The van der Waals surface area contributed by atoms with Crippen molar-refractivity contribution >= 4 is 11.5 Å². The van der Waals surface area contributed by atoms with Crippen molar-refractivity contribution in [2.75, 3.05) is 0 Å². The first-order valence-corrected chi connectivity index (χ1v) is 6.22. The molecule has 0 spiro atoms. The number of hydrogen-bond acceptors (Lipinski definition) is 3. The number of aromatic nitrogens is 1. The van der Waals surface area contributed by atoms with Crippen LogP contribution in [0.25, 0.3) is 0 Å². The lowest BCUT2D eigenvalue weighted by molar-refractivity contribution is -0.689. The maximum Gasteiger partial charge on any atom is 0.273 e. The number of ketones is 1. The Morgan fingerprint density at radius 1 is 1.23 bits per heavy atom. The largest absolute Gasteiger partial charge is 1.00 e. The number of hydrogen-bond donors (Lipinski definition) is 0. The van der Waals surface area contributed by atoms with Crippen LogP contribution in [-0.4, -0.2) is 16.2 Å². The van der Waals surface area contributed by atoms with Gasteiger partial charge < -0.3 is 22.5 Å². The Hall–Kier alpha value is -2.12. The molecule has 6 nitrogen and oxygen atoms in total. The zero-order valence-electron chi connectivity index (χ0n) is 12.2. The molecule has 0 aliphatic heterocycles. The molecule has 1 aromatic carbocycles. The molecule has 0 saturated heterocycles. The number of nitro groups is 1. The second-order valence-electron chi connectivity index (χ2n) is 4.65. The minimum Gasteiger partial charge on any atom is -1.00 e. The zero-order valence-corrected chi connectivity index (χ0v) is 13.8. The normalized spacial score (nSPS) is 9.36. The molecule has 118 valence electrons. The lowest BCUT2D eigenvalue weighted by atomic mass is 10.1. The summed E-state index contributed by atoms with van der Waals surface area (Å²) in [5.74, 6) is -0.146. The molecule has 1 heterocycles. The fourth-order valence-electron chi connectivity index (χ4n) is 1.96. The molecule has 0 saturated carbocycles. The van der Waals surface area contributed by atoms with Gasteiger partial charge in [-0.2, -0.15) is 4.57 Å². The maximum atomic E-state index is 12.2. The van der Waals surface area contributed by atoms with Gasteiger partial charge in [0.2, 0.25) is 12.3 Å². The number of carbonyl (C=O) groups excluding carboxylic acids is 1. The van der Waals surface area contributed by atoms with Crippen LogP contribution in [-0.2, 0) is 6.54 Å². The lowest BCUT2D eigenvalue weighted by Gasteiger charge is -2.02. The fourth-order valence-corrected chi connectivity index (χ4v) is 1.96. The van der Waals surface area contributed by atoms with Crippen molar-refractivity contribution in [3.05, 3.63) is 69.5 Å². The molecular weight excluding hydrogens is 352 g/mol. The summed E-state index contributed by atoms with van der Waals surface area (Å²) in [7, 11) is 0. The van der Waals surface area contributed by atoms with Crippen LogP contribution in [0.3, 0.4) is 0 Å². The average Bonchev–Trinajstić information content (AvgIpc) is 2.41. The summed E-state index contributed by atoms with van der Waals surface area (Å²) in [5.41, 5.74) is 1.85. The molecule has 0 aliphatic rings. The van der Waals surface area contributed by atoms with E-state index in [0.29, 0.717) is 11.1 Å². The van der Waals surface area contributed by atoms with Gasteiger partial charge in [-0.3, -0.25) is 14.9 Å². The predicted octanol–water partition coefficient (Wildman–Crippen LogP) is -1.44. The van der Waals surface area contributed by atoms with E-state index in [1.54, 1.807) is 19.1 Å². The highest BCUT2D eigenvalue weighted by molar-refractivity contribution is 5.95. The van der Waals surface area contributed by atoms with Crippen molar-refractivity contribution < 1.29 is 36.7 Å². The SMILES string of the molecule is Cc1ccc(C(=O)C[n+]2ccccc2C)cc1[N+](=O)[O-].O.[Br-]. The van der Waals surface area contributed by atoms with E-state index >= 15 is 0 Å². The van der Waals surface area contributed by atoms with Gasteiger partial charge in [0.05, 0.1) is 4.92 Å². The number of Topliss-reactive ketones (excluding diaryl/α,β-unsaturated/α-hetero) is 1. The van der Waals surface area contributed by atoms with Crippen molar-refractivity contribution in [2.45, 2.75) is 20.4 Å². The highest BCUT2D eigenvalue weighted by Gasteiger charge is 2.18. The number of nitro benzene ring substituents is 1. The molecule has 2 aromatic rings. The summed E-state index contributed by atoms with van der Waals surface area (Å²) in [4.78, 5) is 22.6. The van der Waals surface area contributed by atoms with Gasteiger partial charge in [0, 0.05) is 36.2 Å². The van der Waals surface area contributed by atoms with Crippen LogP contribution >= 0.6 is 0 Å². The minimum absolute atomic E-state index is 0. The van der Waals surface area contributed by atoms with Crippen molar-refractivity contribution in [1.29, 1.82) is 0 Å². The van der Waals surface area contributed by atoms with E-state index in [1.165, 1.54) is 6.07 Å². The summed E-state index contributed by atoms with van der Waals surface area (Å²) in [6, 6.07) is 10.2. The molecule has 2 N–H and O–H groups in total. The number of rotatable bonds is 4. The highest BCUT2D eigenvalue weighted by atomic mass is 79.9. The van der Waals surface area contributed by atoms with Gasteiger partial charge in [-0.25, -0.2) is 0 Å². The number of aryl methyl sites for hydroxylation is 2. The maximum absolute atomic E-state index is 12.2. The number of carbonyl (C=O) groups is 1. The van der Waals surface area contributed by atoms with Crippen molar-refractivity contribution in [2.24, 2.45) is 0 Å². The summed E-state index contributed by atoms with van der Waals surface area (Å²) in [6.45, 7) is 3.74. The third kappa shape index (κ3) is 4.44. The van der Waals surface area contributed by atoms with Crippen molar-refractivity contribution in [3.8, 4) is 0 Å². The van der Waals surface area contributed by atoms with Crippen LogP contribution in [0.2, 0.25) is 0 Å². The molecule has 7 heteroatoms. The Balaban J connectivity index is 0.00000220.